The summed E-state index contributed by atoms with van der Waals surface area (Å²) in [6.07, 6.45) is 1.52. The van der Waals surface area contributed by atoms with E-state index in [0.29, 0.717) is 11.5 Å². The number of nitrogens with zero attached hydrogens (tertiary/aromatic N) is 3. The van der Waals surface area contributed by atoms with Gasteiger partial charge in [-0.2, -0.15) is 10.1 Å². The lowest BCUT2D eigenvalue weighted by Gasteiger charge is -2.09. The predicted molar refractivity (Wildman–Crippen MR) is 89.0 cm³/mol. The first kappa shape index (κ1) is 15.2. The van der Waals surface area contributed by atoms with Crippen LogP contribution in [-0.2, 0) is 0 Å². The number of anilines is 4. The predicted octanol–water partition coefficient (Wildman–Crippen LogP) is 4.46. The maximum Gasteiger partial charge on any atom is 0.249 e. The summed E-state index contributed by atoms with van der Waals surface area (Å²) >= 11 is 5.75. The lowest BCUT2D eigenvalue weighted by Crippen LogP contribution is -2.03. The van der Waals surface area contributed by atoms with Crippen LogP contribution in [0.1, 0.15) is 5.56 Å². The molecule has 3 rings (SSSR count). The lowest BCUT2D eigenvalue weighted by atomic mass is 10.2. The molecule has 0 amide bonds. The molecule has 0 radical (unpaired) electrons. The third-order valence-electron chi connectivity index (χ3n) is 3.14. The van der Waals surface area contributed by atoms with E-state index in [4.69, 9.17) is 11.6 Å². The van der Waals surface area contributed by atoms with Gasteiger partial charge in [0.25, 0.3) is 0 Å². The van der Waals surface area contributed by atoms with Crippen molar-refractivity contribution in [3.8, 4) is 0 Å². The molecule has 2 aromatic carbocycles. The summed E-state index contributed by atoms with van der Waals surface area (Å²) in [5, 5.41) is 13.9. The summed E-state index contributed by atoms with van der Waals surface area (Å²) in [4.78, 5) is 4.32. The number of hydrogen-bond donors (Lipinski definition) is 2. The summed E-state index contributed by atoms with van der Waals surface area (Å²) in [5.41, 5.74) is 2.60. The molecule has 0 aliphatic carbocycles. The zero-order valence-electron chi connectivity index (χ0n) is 12.2. The zero-order chi connectivity index (χ0) is 16.2. The van der Waals surface area contributed by atoms with Crippen molar-refractivity contribution in [1.29, 1.82) is 0 Å². The first-order valence-electron chi connectivity index (χ1n) is 6.86. The molecule has 0 saturated heterocycles. The Morgan fingerprint density at radius 2 is 1.91 bits per heavy atom. The molecular weight excluding hydrogens is 317 g/mol. The van der Waals surface area contributed by atoms with Gasteiger partial charge >= 0.3 is 0 Å². The molecule has 0 bridgehead atoms. The molecule has 5 nitrogen and oxygen atoms in total. The molecule has 0 fully saturated rings. The summed E-state index contributed by atoms with van der Waals surface area (Å²) in [6, 6.07) is 12.1. The summed E-state index contributed by atoms with van der Waals surface area (Å²) in [7, 11) is 0. The molecule has 1 heterocycles. The third-order valence-corrected chi connectivity index (χ3v) is 3.43. The molecule has 1 aromatic heterocycles. The van der Waals surface area contributed by atoms with Crippen LogP contribution in [0.4, 0.5) is 27.5 Å². The topological polar surface area (TPSA) is 62.7 Å². The number of hydrogen-bond acceptors (Lipinski definition) is 5. The van der Waals surface area contributed by atoms with E-state index in [2.05, 4.69) is 25.8 Å². The van der Waals surface area contributed by atoms with E-state index in [1.165, 1.54) is 18.3 Å². The van der Waals surface area contributed by atoms with E-state index in [1.54, 1.807) is 6.07 Å². The molecule has 3 aromatic rings. The summed E-state index contributed by atoms with van der Waals surface area (Å²) < 4.78 is 13.2. The second-order valence-electron chi connectivity index (χ2n) is 4.86. The second-order valence-corrected chi connectivity index (χ2v) is 5.27. The largest absolute Gasteiger partial charge is 0.339 e. The number of benzene rings is 2. The smallest absolute Gasteiger partial charge is 0.249 e. The molecule has 2 N–H and O–H groups in total. The Bertz CT molecular complexity index is 840. The van der Waals surface area contributed by atoms with E-state index < -0.39 is 5.82 Å². The van der Waals surface area contributed by atoms with Gasteiger partial charge in [0, 0.05) is 11.4 Å². The van der Waals surface area contributed by atoms with Crippen LogP contribution in [0.3, 0.4) is 0 Å². The van der Waals surface area contributed by atoms with Gasteiger partial charge in [-0.05, 0) is 36.8 Å². The van der Waals surface area contributed by atoms with Crippen LogP contribution in [-0.4, -0.2) is 15.2 Å². The standard InChI is InChI=1S/C16H13ClFN5/c1-10-4-2-3-5-14(10)21-15-9-19-23-16(22-15)20-11-6-7-13(18)12(17)8-11/h2-9H,1H3,(H2,20,21,22,23). The number of halogens is 2. The zero-order valence-corrected chi connectivity index (χ0v) is 13.0. The van der Waals surface area contributed by atoms with Crippen molar-refractivity contribution in [3.05, 3.63) is 65.1 Å². The van der Waals surface area contributed by atoms with Crippen LogP contribution >= 0.6 is 11.6 Å². The van der Waals surface area contributed by atoms with Gasteiger partial charge in [-0.25, -0.2) is 4.39 Å². The monoisotopic (exact) mass is 329 g/mol. The van der Waals surface area contributed by atoms with Crippen LogP contribution in [0, 0.1) is 12.7 Å². The minimum atomic E-state index is -0.480. The molecule has 23 heavy (non-hydrogen) atoms. The minimum Gasteiger partial charge on any atom is -0.339 e. The first-order valence-corrected chi connectivity index (χ1v) is 7.24. The number of aryl methyl sites for hydroxylation is 1. The molecule has 0 unspecified atom stereocenters. The van der Waals surface area contributed by atoms with Gasteiger partial charge in [-0.1, -0.05) is 29.8 Å². The van der Waals surface area contributed by atoms with Crippen molar-refractivity contribution in [2.45, 2.75) is 6.92 Å². The van der Waals surface area contributed by atoms with Crippen molar-refractivity contribution < 1.29 is 4.39 Å². The highest BCUT2D eigenvalue weighted by Crippen LogP contribution is 2.22. The average Bonchev–Trinajstić information content (AvgIpc) is 2.54. The number of rotatable bonds is 4. The molecule has 116 valence electrons. The van der Waals surface area contributed by atoms with E-state index in [0.717, 1.165) is 11.3 Å². The fraction of sp³-hybridized carbons (Fsp3) is 0.0625. The highest BCUT2D eigenvalue weighted by Gasteiger charge is 2.05. The molecule has 0 aliphatic rings. The van der Waals surface area contributed by atoms with Crippen LogP contribution < -0.4 is 10.6 Å². The maximum atomic E-state index is 13.2. The molecule has 0 spiro atoms. The lowest BCUT2D eigenvalue weighted by molar-refractivity contribution is 0.628. The summed E-state index contributed by atoms with van der Waals surface area (Å²) in [5.74, 6) is 0.350. The van der Waals surface area contributed by atoms with Crippen LogP contribution in [0.25, 0.3) is 0 Å². The molecule has 0 aliphatic heterocycles. The second kappa shape index (κ2) is 6.58. The van der Waals surface area contributed by atoms with E-state index in [1.807, 2.05) is 31.2 Å². The van der Waals surface area contributed by atoms with E-state index >= 15 is 0 Å². The highest BCUT2D eigenvalue weighted by atomic mass is 35.5. The van der Waals surface area contributed by atoms with Crippen molar-refractivity contribution in [2.75, 3.05) is 10.6 Å². The molecular formula is C16H13ClFN5. The van der Waals surface area contributed by atoms with Gasteiger partial charge in [0.1, 0.15) is 5.82 Å². The fourth-order valence-corrected chi connectivity index (χ4v) is 2.15. The Morgan fingerprint density at radius 1 is 1.09 bits per heavy atom. The maximum absolute atomic E-state index is 13.2. The number of para-hydroxylation sites is 1. The van der Waals surface area contributed by atoms with Crippen molar-refractivity contribution in [2.24, 2.45) is 0 Å². The molecule has 0 atom stereocenters. The van der Waals surface area contributed by atoms with Crippen molar-refractivity contribution in [1.82, 2.24) is 15.2 Å². The van der Waals surface area contributed by atoms with Crippen LogP contribution in [0.2, 0.25) is 5.02 Å². The Morgan fingerprint density at radius 3 is 2.70 bits per heavy atom. The Labute approximate surface area is 137 Å². The Kier molecular flexibility index (Phi) is 4.34. The highest BCUT2D eigenvalue weighted by molar-refractivity contribution is 6.31. The summed E-state index contributed by atoms with van der Waals surface area (Å²) in [6.45, 7) is 2.00. The normalized spacial score (nSPS) is 10.4. The van der Waals surface area contributed by atoms with Gasteiger partial charge in [-0.3, -0.25) is 0 Å². The van der Waals surface area contributed by atoms with Gasteiger partial charge in [0.2, 0.25) is 5.95 Å². The first-order chi connectivity index (χ1) is 11.1. The van der Waals surface area contributed by atoms with Crippen LogP contribution in [0.5, 0.6) is 0 Å². The minimum absolute atomic E-state index is 0.0251. The Balaban J connectivity index is 1.79. The van der Waals surface area contributed by atoms with E-state index in [-0.39, 0.29) is 11.0 Å². The van der Waals surface area contributed by atoms with Gasteiger partial charge in [0.05, 0.1) is 11.2 Å². The van der Waals surface area contributed by atoms with Gasteiger partial charge < -0.3 is 10.6 Å². The van der Waals surface area contributed by atoms with Crippen molar-refractivity contribution in [3.63, 3.8) is 0 Å². The molecule has 0 saturated carbocycles. The average molecular weight is 330 g/mol. The third kappa shape index (κ3) is 3.73. The van der Waals surface area contributed by atoms with Gasteiger partial charge in [-0.15, -0.1) is 5.10 Å². The van der Waals surface area contributed by atoms with Crippen LogP contribution in [0.15, 0.2) is 48.7 Å². The van der Waals surface area contributed by atoms with Crippen molar-refractivity contribution >= 4 is 34.7 Å². The quantitative estimate of drug-likeness (QED) is 0.740. The SMILES string of the molecule is Cc1ccccc1Nc1cnnc(Nc2ccc(F)c(Cl)c2)n1. The van der Waals surface area contributed by atoms with E-state index in [9.17, 15) is 4.39 Å². The van der Waals surface area contributed by atoms with Gasteiger partial charge in [0.15, 0.2) is 5.82 Å². The fourth-order valence-electron chi connectivity index (χ4n) is 1.97. The molecule has 7 heteroatoms. The number of nitrogens with one attached hydrogen (secondary N) is 2. The number of aromatic nitrogens is 3. The Hall–Kier alpha value is -2.73.